The van der Waals surface area contributed by atoms with E-state index in [1.54, 1.807) is 19.4 Å². The number of pyridine rings is 1. The Morgan fingerprint density at radius 1 is 1.73 bits per heavy atom. The summed E-state index contributed by atoms with van der Waals surface area (Å²) in [5.74, 6) is 0. The number of halogens is 1. The van der Waals surface area contributed by atoms with Gasteiger partial charge < -0.3 is 5.21 Å². The number of nitrogens with zero attached hydrogens (tertiary/aromatic N) is 2. The maximum atomic E-state index is 8.92. The number of rotatable bonds is 2. The van der Waals surface area contributed by atoms with E-state index in [9.17, 15) is 0 Å². The summed E-state index contributed by atoms with van der Waals surface area (Å²) in [6.07, 6.45) is 3.41. The molecule has 1 aromatic rings. The first-order valence-electron chi connectivity index (χ1n) is 3.18. The maximum absolute atomic E-state index is 8.92. The van der Waals surface area contributed by atoms with Gasteiger partial charge >= 0.3 is 0 Å². The van der Waals surface area contributed by atoms with E-state index in [0.717, 1.165) is 15.1 Å². The van der Waals surface area contributed by atoms with Crippen molar-refractivity contribution in [2.75, 3.05) is 7.05 Å². The van der Waals surface area contributed by atoms with Gasteiger partial charge in [-0.05, 0) is 27.6 Å². The summed E-state index contributed by atoms with van der Waals surface area (Å²) in [7, 11) is 1.60. The fourth-order valence-corrected chi connectivity index (χ4v) is 1.15. The molecule has 0 aromatic carbocycles. The van der Waals surface area contributed by atoms with Gasteiger partial charge in [0.05, 0.1) is 0 Å². The third-order valence-electron chi connectivity index (χ3n) is 1.26. The molecule has 1 heterocycles. The van der Waals surface area contributed by atoms with Gasteiger partial charge in [-0.15, -0.1) is 0 Å². The van der Waals surface area contributed by atoms with Crippen LogP contribution in [0.4, 0.5) is 0 Å². The van der Waals surface area contributed by atoms with Crippen LogP contribution in [0.25, 0.3) is 0 Å². The van der Waals surface area contributed by atoms with Crippen molar-refractivity contribution >= 4 is 15.9 Å². The number of hydroxylamine groups is 2. The summed E-state index contributed by atoms with van der Waals surface area (Å²) in [6, 6.07) is 1.86. The molecule has 1 rings (SSSR count). The first-order valence-corrected chi connectivity index (χ1v) is 3.98. The van der Waals surface area contributed by atoms with E-state index in [2.05, 4.69) is 20.9 Å². The van der Waals surface area contributed by atoms with Crippen molar-refractivity contribution in [2.24, 2.45) is 0 Å². The van der Waals surface area contributed by atoms with Gasteiger partial charge in [0.25, 0.3) is 0 Å². The van der Waals surface area contributed by atoms with Crippen LogP contribution in [-0.2, 0) is 6.54 Å². The van der Waals surface area contributed by atoms with Gasteiger partial charge in [0.2, 0.25) is 0 Å². The molecule has 0 aliphatic carbocycles. The monoisotopic (exact) mass is 216 g/mol. The molecule has 0 aliphatic rings. The summed E-state index contributed by atoms with van der Waals surface area (Å²) in [5, 5.41) is 10.0. The third-order valence-corrected chi connectivity index (χ3v) is 1.97. The predicted octanol–water partition coefficient (Wildman–Crippen LogP) is 1.67. The molecule has 0 saturated carbocycles. The Morgan fingerprint density at radius 3 is 3.00 bits per heavy atom. The van der Waals surface area contributed by atoms with E-state index < -0.39 is 0 Å². The second-order valence-electron chi connectivity index (χ2n) is 2.28. The SMILES string of the molecule is CN(O)Cc1ccncc1Br. The maximum Gasteiger partial charge on any atom is 0.0497 e. The van der Waals surface area contributed by atoms with Crippen molar-refractivity contribution in [3.8, 4) is 0 Å². The summed E-state index contributed by atoms with van der Waals surface area (Å²) in [5.41, 5.74) is 1.02. The molecule has 0 unspecified atom stereocenters. The first-order chi connectivity index (χ1) is 5.20. The molecule has 0 atom stereocenters. The van der Waals surface area contributed by atoms with Crippen LogP contribution in [0.2, 0.25) is 0 Å². The van der Waals surface area contributed by atoms with E-state index >= 15 is 0 Å². The zero-order chi connectivity index (χ0) is 8.27. The zero-order valence-corrected chi connectivity index (χ0v) is 7.74. The van der Waals surface area contributed by atoms with Crippen LogP contribution in [0.1, 0.15) is 5.56 Å². The minimum atomic E-state index is 0.503. The van der Waals surface area contributed by atoms with Crippen LogP contribution < -0.4 is 0 Å². The molecular formula is C7H9BrN2O. The van der Waals surface area contributed by atoms with E-state index in [4.69, 9.17) is 5.21 Å². The smallest absolute Gasteiger partial charge is 0.0497 e. The molecular weight excluding hydrogens is 208 g/mol. The van der Waals surface area contributed by atoms with Crippen molar-refractivity contribution < 1.29 is 5.21 Å². The highest BCUT2D eigenvalue weighted by atomic mass is 79.9. The van der Waals surface area contributed by atoms with Crippen molar-refractivity contribution in [1.82, 2.24) is 10.0 Å². The van der Waals surface area contributed by atoms with Gasteiger partial charge in [0.1, 0.15) is 0 Å². The Labute approximate surface area is 73.8 Å². The molecule has 3 nitrogen and oxygen atoms in total. The van der Waals surface area contributed by atoms with Crippen molar-refractivity contribution in [3.63, 3.8) is 0 Å². The molecule has 0 bridgehead atoms. The van der Waals surface area contributed by atoms with Gasteiger partial charge in [-0.3, -0.25) is 4.98 Å². The number of hydrogen-bond donors (Lipinski definition) is 1. The van der Waals surface area contributed by atoms with Crippen molar-refractivity contribution in [1.29, 1.82) is 0 Å². The number of aromatic nitrogens is 1. The normalized spacial score (nSPS) is 10.5. The summed E-state index contributed by atoms with van der Waals surface area (Å²) >= 11 is 3.32. The second-order valence-corrected chi connectivity index (χ2v) is 3.14. The minimum absolute atomic E-state index is 0.503. The van der Waals surface area contributed by atoms with E-state index in [1.807, 2.05) is 6.07 Å². The molecule has 0 spiro atoms. The topological polar surface area (TPSA) is 36.4 Å². The standard InChI is InChI=1S/C7H9BrN2O/c1-10(11)5-6-2-3-9-4-7(6)8/h2-4,11H,5H2,1H3. The van der Waals surface area contributed by atoms with Crippen LogP contribution in [0.3, 0.4) is 0 Å². The lowest BCUT2D eigenvalue weighted by Gasteiger charge is -2.08. The fourth-order valence-electron chi connectivity index (χ4n) is 0.779. The summed E-state index contributed by atoms with van der Waals surface area (Å²) < 4.78 is 0.918. The van der Waals surface area contributed by atoms with Crippen molar-refractivity contribution in [2.45, 2.75) is 6.54 Å². The third kappa shape index (κ3) is 2.57. The quantitative estimate of drug-likeness (QED) is 0.765. The van der Waals surface area contributed by atoms with Gasteiger partial charge in [-0.2, -0.15) is 5.06 Å². The Hall–Kier alpha value is -0.450. The highest BCUT2D eigenvalue weighted by molar-refractivity contribution is 9.10. The van der Waals surface area contributed by atoms with E-state index in [0.29, 0.717) is 6.54 Å². The van der Waals surface area contributed by atoms with Crippen LogP contribution in [0.15, 0.2) is 22.9 Å². The van der Waals surface area contributed by atoms with Gasteiger partial charge in [-0.25, -0.2) is 0 Å². The Kier molecular flexibility index (Phi) is 2.99. The summed E-state index contributed by atoms with van der Waals surface area (Å²) in [6.45, 7) is 0.503. The highest BCUT2D eigenvalue weighted by Gasteiger charge is 1.99. The van der Waals surface area contributed by atoms with Gasteiger partial charge in [0, 0.05) is 30.5 Å². The van der Waals surface area contributed by atoms with Gasteiger partial charge in [0.15, 0.2) is 0 Å². The molecule has 0 amide bonds. The molecule has 0 fully saturated rings. The molecule has 1 aromatic heterocycles. The fraction of sp³-hybridized carbons (Fsp3) is 0.286. The highest BCUT2D eigenvalue weighted by Crippen LogP contribution is 2.14. The number of hydrogen-bond acceptors (Lipinski definition) is 3. The Bertz CT molecular complexity index is 240. The molecule has 0 saturated heterocycles. The lowest BCUT2D eigenvalue weighted by Crippen LogP contribution is -2.11. The largest absolute Gasteiger partial charge is 0.314 e. The van der Waals surface area contributed by atoms with Crippen LogP contribution >= 0.6 is 15.9 Å². The molecule has 0 radical (unpaired) electrons. The van der Waals surface area contributed by atoms with E-state index in [-0.39, 0.29) is 0 Å². The summed E-state index contributed by atoms with van der Waals surface area (Å²) in [4.78, 5) is 3.91. The van der Waals surface area contributed by atoms with Crippen molar-refractivity contribution in [3.05, 3.63) is 28.5 Å². The zero-order valence-electron chi connectivity index (χ0n) is 6.16. The average Bonchev–Trinajstić information content (AvgIpc) is 1.93. The molecule has 0 aliphatic heterocycles. The van der Waals surface area contributed by atoms with Gasteiger partial charge in [-0.1, -0.05) is 0 Å². The molecule has 1 N–H and O–H groups in total. The van der Waals surface area contributed by atoms with Crippen LogP contribution in [0.5, 0.6) is 0 Å². The van der Waals surface area contributed by atoms with Crippen LogP contribution in [-0.4, -0.2) is 22.3 Å². The van der Waals surface area contributed by atoms with Crippen LogP contribution in [0, 0.1) is 0 Å². The first kappa shape index (κ1) is 8.64. The molecule has 60 valence electrons. The molecule has 11 heavy (non-hydrogen) atoms. The second kappa shape index (κ2) is 3.80. The Morgan fingerprint density at radius 2 is 2.45 bits per heavy atom. The average molecular weight is 217 g/mol. The lowest BCUT2D eigenvalue weighted by atomic mass is 10.3. The molecule has 4 heteroatoms. The van der Waals surface area contributed by atoms with E-state index in [1.165, 1.54) is 0 Å². The lowest BCUT2D eigenvalue weighted by molar-refractivity contribution is -0.0733. The Balaban J connectivity index is 2.78. The minimum Gasteiger partial charge on any atom is -0.314 e. The predicted molar refractivity (Wildman–Crippen MR) is 45.2 cm³/mol.